The van der Waals surface area contributed by atoms with Crippen molar-refractivity contribution in [2.24, 2.45) is 11.3 Å². The first-order chi connectivity index (χ1) is 22.3. The van der Waals surface area contributed by atoms with Crippen molar-refractivity contribution in [3.8, 4) is 23.0 Å². The number of amides is 3. The van der Waals surface area contributed by atoms with E-state index >= 15 is 0 Å². The zero-order chi connectivity index (χ0) is 32.1. The fraction of sp³-hybridized carbons (Fsp3) is 0.270. The number of fused-ring (bicyclic) bond motifs is 2. The summed E-state index contributed by atoms with van der Waals surface area (Å²) in [4.78, 5) is 42.9. The fourth-order valence-corrected chi connectivity index (χ4v) is 7.34. The number of benzene rings is 4. The van der Waals surface area contributed by atoms with Gasteiger partial charge < -0.3 is 24.6 Å². The summed E-state index contributed by atoms with van der Waals surface area (Å²) in [7, 11) is 3.15. The van der Waals surface area contributed by atoms with Gasteiger partial charge in [-0.15, -0.1) is 0 Å². The first-order valence-electron chi connectivity index (χ1n) is 15.3. The molecular formula is C37H34N2O7. The van der Waals surface area contributed by atoms with Crippen LogP contribution < -0.4 is 19.5 Å². The predicted molar refractivity (Wildman–Crippen MR) is 169 cm³/mol. The summed E-state index contributed by atoms with van der Waals surface area (Å²) in [5.74, 6) is 0.279. The Morgan fingerprint density at radius 2 is 1.39 bits per heavy atom. The third-order valence-corrected chi connectivity index (χ3v) is 9.81. The number of carboxylic acids is 1. The van der Waals surface area contributed by atoms with Crippen LogP contribution in [0.5, 0.6) is 23.0 Å². The molecule has 3 amide bonds. The summed E-state index contributed by atoms with van der Waals surface area (Å²) in [6.07, 6.45) is 0.626. The maximum atomic E-state index is 14.8. The third kappa shape index (κ3) is 4.83. The molecule has 0 radical (unpaired) electrons. The Bertz CT molecular complexity index is 1780. The Labute approximate surface area is 266 Å². The van der Waals surface area contributed by atoms with Gasteiger partial charge >= 0.3 is 12.0 Å². The lowest BCUT2D eigenvalue weighted by atomic mass is 9.73. The van der Waals surface area contributed by atoms with Gasteiger partial charge in [-0.1, -0.05) is 60.7 Å². The lowest BCUT2D eigenvalue weighted by Crippen LogP contribution is -2.52. The van der Waals surface area contributed by atoms with E-state index in [1.54, 1.807) is 38.5 Å². The molecule has 1 saturated heterocycles. The number of nitrogens with zero attached hydrogens (tertiary/aromatic N) is 1. The maximum absolute atomic E-state index is 14.8. The number of nitrogens with one attached hydrogen (secondary N) is 1. The number of para-hydroxylation sites is 2. The van der Waals surface area contributed by atoms with Gasteiger partial charge in [0.05, 0.1) is 26.2 Å². The zero-order valence-electron chi connectivity index (χ0n) is 25.6. The molecule has 2 aliphatic heterocycles. The highest BCUT2D eigenvalue weighted by molar-refractivity contribution is 6.08. The molecule has 0 unspecified atom stereocenters. The average molecular weight is 619 g/mol. The van der Waals surface area contributed by atoms with Crippen molar-refractivity contribution in [1.82, 2.24) is 10.2 Å². The van der Waals surface area contributed by atoms with Crippen molar-refractivity contribution in [1.29, 1.82) is 0 Å². The fourth-order valence-electron chi connectivity index (χ4n) is 7.34. The average Bonchev–Trinajstić information content (AvgIpc) is 3.77. The van der Waals surface area contributed by atoms with Gasteiger partial charge in [0, 0.05) is 23.0 Å². The SMILES string of the molecule is COc1ccc(CN2C(=O)N[C@@](CC3c4ccccc4Oc4ccccc43)([C@H]3C[C@@]3(Cc3ccc(OC)cc3)C(=O)O)C2=O)cc1. The van der Waals surface area contributed by atoms with Crippen LogP contribution in [0.4, 0.5) is 4.79 Å². The standard InChI is InChI=1S/C37H34N2O7/c1-44-25-15-11-23(12-16-25)19-36(34(41)42)21-32(36)37(33(40)39(35(43)38-37)22-24-13-17-26(45-2)18-14-24)20-29-27-7-3-5-9-30(27)46-31-10-6-4-8-28(29)31/h3-18,29,32H,19-22H2,1-2H3,(H,38,43)(H,41,42)/t32-,36+,37-/m0/s1. The van der Waals surface area contributed by atoms with Gasteiger partial charge in [0.1, 0.15) is 28.5 Å². The Kier molecular flexibility index (Phi) is 7.19. The molecule has 4 aromatic rings. The van der Waals surface area contributed by atoms with Gasteiger partial charge in [0.2, 0.25) is 0 Å². The van der Waals surface area contributed by atoms with Crippen LogP contribution in [-0.4, -0.2) is 47.7 Å². The molecule has 3 atom stereocenters. The van der Waals surface area contributed by atoms with Crippen molar-refractivity contribution < 1.29 is 33.7 Å². The molecule has 234 valence electrons. The van der Waals surface area contributed by atoms with E-state index in [-0.39, 0.29) is 31.7 Å². The van der Waals surface area contributed by atoms with Crippen LogP contribution in [0, 0.1) is 11.3 Å². The van der Waals surface area contributed by atoms with E-state index < -0.39 is 34.8 Å². The first kappa shape index (κ1) is 29.4. The molecule has 7 rings (SSSR count). The molecule has 46 heavy (non-hydrogen) atoms. The van der Waals surface area contributed by atoms with Crippen LogP contribution >= 0.6 is 0 Å². The second kappa shape index (κ2) is 11.2. The van der Waals surface area contributed by atoms with Gasteiger partial charge in [0.25, 0.3) is 5.91 Å². The van der Waals surface area contributed by atoms with Gasteiger partial charge in [-0.05, 0) is 66.8 Å². The van der Waals surface area contributed by atoms with Crippen LogP contribution in [0.15, 0.2) is 97.1 Å². The molecule has 0 spiro atoms. The largest absolute Gasteiger partial charge is 0.497 e. The highest BCUT2D eigenvalue weighted by atomic mass is 16.5. The summed E-state index contributed by atoms with van der Waals surface area (Å²) >= 11 is 0. The smallest absolute Gasteiger partial charge is 0.325 e. The van der Waals surface area contributed by atoms with E-state index in [2.05, 4.69) is 5.32 Å². The monoisotopic (exact) mass is 618 g/mol. The number of carbonyl (C=O) groups excluding carboxylic acids is 2. The summed E-state index contributed by atoms with van der Waals surface area (Å²) in [5, 5.41) is 13.8. The van der Waals surface area contributed by atoms with E-state index in [0.717, 1.165) is 22.3 Å². The number of carbonyl (C=O) groups is 3. The van der Waals surface area contributed by atoms with E-state index in [4.69, 9.17) is 14.2 Å². The first-order valence-corrected chi connectivity index (χ1v) is 15.3. The van der Waals surface area contributed by atoms with Gasteiger partial charge in [-0.3, -0.25) is 14.5 Å². The van der Waals surface area contributed by atoms with Gasteiger partial charge in [-0.25, -0.2) is 4.79 Å². The molecule has 1 saturated carbocycles. The van der Waals surface area contributed by atoms with Gasteiger partial charge in [-0.2, -0.15) is 0 Å². The number of carboxylic acid groups (broad SMARTS) is 1. The van der Waals surface area contributed by atoms with Crippen LogP contribution in [0.1, 0.15) is 41.0 Å². The summed E-state index contributed by atoms with van der Waals surface area (Å²) in [6, 6.07) is 29.3. The van der Waals surface area contributed by atoms with E-state index in [9.17, 15) is 19.5 Å². The number of rotatable bonds is 10. The third-order valence-electron chi connectivity index (χ3n) is 9.81. The number of hydrogen-bond acceptors (Lipinski definition) is 6. The number of ether oxygens (including phenoxy) is 3. The topological polar surface area (TPSA) is 114 Å². The van der Waals surface area contributed by atoms with Crippen LogP contribution in [0.2, 0.25) is 0 Å². The molecular weight excluding hydrogens is 584 g/mol. The minimum Gasteiger partial charge on any atom is -0.497 e. The maximum Gasteiger partial charge on any atom is 0.325 e. The Morgan fingerprint density at radius 3 is 1.93 bits per heavy atom. The number of hydrogen-bond donors (Lipinski definition) is 2. The normalized spacial score (nSPS) is 23.2. The summed E-state index contributed by atoms with van der Waals surface area (Å²) in [5.41, 5.74) is 0.602. The highest BCUT2D eigenvalue weighted by Crippen LogP contribution is 2.64. The van der Waals surface area contributed by atoms with Crippen LogP contribution in [0.3, 0.4) is 0 Å². The lowest BCUT2D eigenvalue weighted by Gasteiger charge is -2.36. The Hall–Kier alpha value is -5.31. The molecule has 0 aromatic heterocycles. The number of urea groups is 1. The molecule has 9 nitrogen and oxygen atoms in total. The molecule has 3 aliphatic rings. The minimum atomic E-state index is -1.48. The Morgan fingerprint density at radius 1 is 0.848 bits per heavy atom. The second-order valence-electron chi connectivity index (χ2n) is 12.3. The van der Waals surface area contributed by atoms with Crippen molar-refractivity contribution >= 4 is 17.9 Å². The molecule has 2 N–H and O–H groups in total. The second-order valence-corrected chi connectivity index (χ2v) is 12.3. The van der Waals surface area contributed by atoms with Crippen molar-refractivity contribution in [3.63, 3.8) is 0 Å². The number of aliphatic carboxylic acids is 1. The molecule has 0 bridgehead atoms. The predicted octanol–water partition coefficient (Wildman–Crippen LogP) is 6.16. The minimum absolute atomic E-state index is 0.0443. The van der Waals surface area contributed by atoms with Gasteiger partial charge in [0.15, 0.2) is 0 Å². The quantitative estimate of drug-likeness (QED) is 0.205. The van der Waals surface area contributed by atoms with Crippen LogP contribution in [-0.2, 0) is 22.6 Å². The molecule has 2 fully saturated rings. The van der Waals surface area contributed by atoms with Crippen molar-refractivity contribution in [2.75, 3.05) is 14.2 Å². The molecule has 1 aliphatic carbocycles. The van der Waals surface area contributed by atoms with E-state index in [1.807, 2.05) is 72.8 Å². The van der Waals surface area contributed by atoms with Crippen molar-refractivity contribution in [2.45, 2.75) is 37.3 Å². The van der Waals surface area contributed by atoms with Crippen molar-refractivity contribution in [3.05, 3.63) is 119 Å². The van der Waals surface area contributed by atoms with E-state index in [1.165, 1.54) is 4.90 Å². The Balaban J connectivity index is 1.30. The van der Waals surface area contributed by atoms with E-state index in [0.29, 0.717) is 23.0 Å². The number of imide groups is 1. The molecule has 2 heterocycles. The lowest BCUT2D eigenvalue weighted by molar-refractivity contribution is -0.145. The number of methoxy groups -OCH3 is 2. The molecule has 4 aromatic carbocycles. The molecule has 9 heteroatoms. The summed E-state index contributed by atoms with van der Waals surface area (Å²) in [6.45, 7) is 0.0443. The van der Waals surface area contributed by atoms with Crippen LogP contribution in [0.25, 0.3) is 0 Å². The summed E-state index contributed by atoms with van der Waals surface area (Å²) < 4.78 is 16.8. The highest BCUT2D eigenvalue weighted by Gasteiger charge is 2.73. The zero-order valence-corrected chi connectivity index (χ0v) is 25.6.